The van der Waals surface area contributed by atoms with Gasteiger partial charge < -0.3 is 5.32 Å². The summed E-state index contributed by atoms with van der Waals surface area (Å²) in [5.74, 6) is 0.953. The second-order valence-electron chi connectivity index (χ2n) is 6.62. The van der Waals surface area contributed by atoms with E-state index in [0.717, 1.165) is 34.0 Å². The summed E-state index contributed by atoms with van der Waals surface area (Å²) in [4.78, 5) is 4.77. The Hall–Kier alpha value is -3.14. The van der Waals surface area contributed by atoms with Gasteiger partial charge in [-0.2, -0.15) is 9.61 Å². The summed E-state index contributed by atoms with van der Waals surface area (Å²) < 4.78 is 1.92. The molecule has 2 aromatic heterocycles. The van der Waals surface area contributed by atoms with Gasteiger partial charge in [0.05, 0.1) is 5.69 Å². The van der Waals surface area contributed by atoms with E-state index in [1.54, 1.807) is 0 Å². The van der Waals surface area contributed by atoms with Gasteiger partial charge in [-0.05, 0) is 31.9 Å². The number of aromatic nitrogens is 3. The minimum Gasteiger partial charge on any atom is -0.363 e. The molecule has 1 atom stereocenters. The van der Waals surface area contributed by atoms with Crippen LogP contribution in [0, 0.1) is 13.8 Å². The first-order valence-corrected chi connectivity index (χ1v) is 8.87. The third-order valence-electron chi connectivity index (χ3n) is 4.62. The molecule has 0 spiro atoms. The van der Waals surface area contributed by atoms with Crippen molar-refractivity contribution in [2.24, 2.45) is 0 Å². The van der Waals surface area contributed by atoms with Crippen molar-refractivity contribution in [2.75, 3.05) is 5.32 Å². The fourth-order valence-electron chi connectivity index (χ4n) is 3.34. The van der Waals surface area contributed by atoms with E-state index in [1.807, 2.05) is 48.7 Å². The maximum atomic E-state index is 4.77. The molecule has 130 valence electrons. The minimum absolute atomic E-state index is 0.172. The largest absolute Gasteiger partial charge is 0.363 e. The van der Waals surface area contributed by atoms with E-state index in [0.29, 0.717) is 0 Å². The summed E-state index contributed by atoms with van der Waals surface area (Å²) >= 11 is 0. The lowest BCUT2D eigenvalue weighted by atomic mass is 10.1. The molecule has 0 fully saturated rings. The number of nitrogens with zero attached hydrogens (tertiary/aromatic N) is 3. The van der Waals surface area contributed by atoms with Gasteiger partial charge in [0, 0.05) is 23.4 Å². The molecule has 2 aromatic carbocycles. The van der Waals surface area contributed by atoms with E-state index in [2.05, 4.69) is 48.6 Å². The highest BCUT2D eigenvalue weighted by atomic mass is 15.3. The van der Waals surface area contributed by atoms with E-state index in [-0.39, 0.29) is 6.04 Å². The van der Waals surface area contributed by atoms with Gasteiger partial charge >= 0.3 is 0 Å². The third kappa shape index (κ3) is 2.94. The molecule has 0 amide bonds. The first-order chi connectivity index (χ1) is 12.6. The van der Waals surface area contributed by atoms with Gasteiger partial charge in [-0.25, -0.2) is 4.98 Å². The molecular weight excluding hydrogens is 320 g/mol. The zero-order valence-corrected chi connectivity index (χ0v) is 15.3. The highest BCUT2D eigenvalue weighted by molar-refractivity contribution is 5.80. The smallest absolute Gasteiger partial charge is 0.165 e. The number of rotatable bonds is 4. The van der Waals surface area contributed by atoms with Crippen molar-refractivity contribution < 1.29 is 0 Å². The average molecular weight is 342 g/mol. The zero-order chi connectivity index (χ0) is 18.1. The van der Waals surface area contributed by atoms with Crippen molar-refractivity contribution in [1.29, 1.82) is 0 Å². The molecule has 0 aliphatic rings. The van der Waals surface area contributed by atoms with Crippen molar-refractivity contribution in [3.63, 3.8) is 0 Å². The van der Waals surface area contributed by atoms with Gasteiger partial charge in [0.2, 0.25) is 0 Å². The Bertz CT molecular complexity index is 1040. The lowest BCUT2D eigenvalue weighted by Crippen LogP contribution is -2.11. The maximum Gasteiger partial charge on any atom is 0.165 e. The van der Waals surface area contributed by atoms with Gasteiger partial charge in [-0.1, -0.05) is 60.7 Å². The summed E-state index contributed by atoms with van der Waals surface area (Å²) in [6.07, 6.45) is 0. The van der Waals surface area contributed by atoms with Crippen LogP contribution in [0.3, 0.4) is 0 Å². The first kappa shape index (κ1) is 16.3. The first-order valence-electron chi connectivity index (χ1n) is 8.87. The van der Waals surface area contributed by atoms with Gasteiger partial charge in [0.1, 0.15) is 5.82 Å². The van der Waals surface area contributed by atoms with Gasteiger partial charge in [0.15, 0.2) is 5.65 Å². The predicted octanol–water partition coefficient (Wildman–Crippen LogP) is 5.19. The summed E-state index contributed by atoms with van der Waals surface area (Å²) in [5, 5.41) is 8.36. The number of aryl methyl sites for hydroxylation is 2. The van der Waals surface area contributed by atoms with Crippen LogP contribution < -0.4 is 5.32 Å². The van der Waals surface area contributed by atoms with Gasteiger partial charge in [-0.3, -0.25) is 0 Å². The van der Waals surface area contributed by atoms with E-state index < -0.39 is 0 Å². The Kier molecular flexibility index (Phi) is 4.17. The molecule has 1 N–H and O–H groups in total. The number of nitrogens with one attached hydrogen (secondary N) is 1. The van der Waals surface area contributed by atoms with E-state index in [9.17, 15) is 0 Å². The van der Waals surface area contributed by atoms with Crippen molar-refractivity contribution >= 4 is 11.5 Å². The van der Waals surface area contributed by atoms with E-state index >= 15 is 0 Å². The number of hydrogen-bond donors (Lipinski definition) is 1. The monoisotopic (exact) mass is 342 g/mol. The highest BCUT2D eigenvalue weighted by Gasteiger charge is 2.17. The molecule has 0 saturated heterocycles. The second kappa shape index (κ2) is 6.64. The van der Waals surface area contributed by atoms with Gasteiger partial charge in [-0.15, -0.1) is 0 Å². The lowest BCUT2D eigenvalue weighted by Gasteiger charge is -2.17. The Morgan fingerprint density at radius 1 is 0.923 bits per heavy atom. The SMILES string of the molecule is Cc1cc(N[C@@H](C)c2ccccc2)n2nc(C)c(-c3ccccc3)c2n1. The van der Waals surface area contributed by atoms with Crippen LogP contribution in [0.15, 0.2) is 66.7 Å². The standard InChI is InChI=1S/C22H22N4/c1-15-14-20(24-16(2)18-10-6-4-7-11-18)26-22(23-15)21(17(3)25-26)19-12-8-5-9-13-19/h4-14,16,24H,1-3H3/t16-/m0/s1. The fourth-order valence-corrected chi connectivity index (χ4v) is 3.34. The molecule has 4 nitrogen and oxygen atoms in total. The molecule has 4 rings (SSSR count). The molecule has 0 aliphatic heterocycles. The van der Waals surface area contributed by atoms with Crippen LogP contribution in [0.1, 0.15) is 29.9 Å². The number of benzene rings is 2. The molecule has 0 aliphatic carbocycles. The molecule has 4 aromatic rings. The fraction of sp³-hybridized carbons (Fsp3) is 0.182. The van der Waals surface area contributed by atoms with Crippen LogP contribution in [-0.4, -0.2) is 14.6 Å². The maximum absolute atomic E-state index is 4.77. The van der Waals surface area contributed by atoms with Crippen LogP contribution in [0.4, 0.5) is 5.82 Å². The quantitative estimate of drug-likeness (QED) is 0.555. The summed E-state index contributed by atoms with van der Waals surface area (Å²) in [6, 6.07) is 23.0. The van der Waals surface area contributed by atoms with E-state index in [4.69, 9.17) is 10.1 Å². The highest BCUT2D eigenvalue weighted by Crippen LogP contribution is 2.30. The second-order valence-corrected chi connectivity index (χ2v) is 6.62. The Morgan fingerprint density at radius 3 is 2.27 bits per heavy atom. The molecule has 0 unspecified atom stereocenters. The number of hydrogen-bond acceptors (Lipinski definition) is 3. The molecule has 2 heterocycles. The number of fused-ring (bicyclic) bond motifs is 1. The summed E-state index contributed by atoms with van der Waals surface area (Å²) in [7, 11) is 0. The van der Waals surface area contributed by atoms with E-state index in [1.165, 1.54) is 5.56 Å². The minimum atomic E-state index is 0.172. The summed E-state index contributed by atoms with van der Waals surface area (Å²) in [5.41, 5.74) is 6.30. The van der Waals surface area contributed by atoms with Crippen LogP contribution in [0.5, 0.6) is 0 Å². The number of anilines is 1. The predicted molar refractivity (Wildman–Crippen MR) is 106 cm³/mol. The normalized spacial score (nSPS) is 12.3. The van der Waals surface area contributed by atoms with Crippen LogP contribution >= 0.6 is 0 Å². The average Bonchev–Trinajstić information content (AvgIpc) is 2.99. The Balaban J connectivity index is 1.82. The molecule has 0 bridgehead atoms. The molecule has 4 heteroatoms. The third-order valence-corrected chi connectivity index (χ3v) is 4.62. The molecular formula is C22H22N4. The Labute approximate surface area is 153 Å². The van der Waals surface area contributed by atoms with Crippen molar-refractivity contribution in [3.8, 4) is 11.1 Å². The van der Waals surface area contributed by atoms with Crippen molar-refractivity contribution in [1.82, 2.24) is 14.6 Å². The Morgan fingerprint density at radius 2 is 1.58 bits per heavy atom. The van der Waals surface area contributed by atoms with Crippen molar-refractivity contribution in [3.05, 3.63) is 83.7 Å². The molecule has 0 saturated carbocycles. The topological polar surface area (TPSA) is 42.2 Å². The van der Waals surface area contributed by atoms with Crippen molar-refractivity contribution in [2.45, 2.75) is 26.8 Å². The zero-order valence-electron chi connectivity index (χ0n) is 15.3. The summed E-state index contributed by atoms with van der Waals surface area (Å²) in [6.45, 7) is 6.22. The van der Waals surface area contributed by atoms with Crippen LogP contribution in [0.25, 0.3) is 16.8 Å². The molecule has 0 radical (unpaired) electrons. The van der Waals surface area contributed by atoms with Gasteiger partial charge in [0.25, 0.3) is 0 Å². The lowest BCUT2D eigenvalue weighted by molar-refractivity contribution is 0.833. The molecule has 26 heavy (non-hydrogen) atoms. The van der Waals surface area contributed by atoms with Crippen LogP contribution in [-0.2, 0) is 0 Å². The van der Waals surface area contributed by atoms with Crippen LogP contribution in [0.2, 0.25) is 0 Å².